The van der Waals surface area contributed by atoms with Crippen LogP contribution in [0.15, 0.2) is 41.5 Å². The van der Waals surface area contributed by atoms with Gasteiger partial charge in [0.2, 0.25) is 0 Å². The third-order valence-electron chi connectivity index (χ3n) is 5.06. The highest BCUT2D eigenvalue weighted by atomic mass is 19.1. The summed E-state index contributed by atoms with van der Waals surface area (Å²) in [4.78, 5) is 21.5. The molecule has 0 unspecified atom stereocenters. The van der Waals surface area contributed by atoms with Crippen LogP contribution in [0.2, 0.25) is 0 Å². The molecule has 1 fully saturated rings. The Morgan fingerprint density at radius 3 is 2.76 bits per heavy atom. The van der Waals surface area contributed by atoms with Crippen LogP contribution in [0.4, 0.5) is 4.39 Å². The number of halogens is 1. The minimum Gasteiger partial charge on any atom is -0.299 e. The molecule has 0 radical (unpaired) electrons. The smallest absolute Gasteiger partial charge is 0.139 e. The van der Waals surface area contributed by atoms with Crippen LogP contribution in [0.1, 0.15) is 54.5 Å². The first-order valence-electron chi connectivity index (χ1n) is 8.90. The van der Waals surface area contributed by atoms with Gasteiger partial charge in [0.05, 0.1) is 6.54 Å². The summed E-state index contributed by atoms with van der Waals surface area (Å²) in [6.07, 6.45) is 5.15. The number of rotatable bonds is 6. The standard InChI is InChI=1S/C21H21FN2O/c1-13(14-4-6-17(22)7-5-14)8-19(25)10-18-9-16-11-24-21(15-2-3-15)20(16)12-23-18/h4-7,9,12-13,15H,2-3,8,10-11H2,1H3/t13-/m0/s1. The van der Waals surface area contributed by atoms with E-state index in [9.17, 15) is 9.18 Å². The molecule has 4 rings (SSSR count). The van der Waals surface area contributed by atoms with Crippen LogP contribution < -0.4 is 0 Å². The summed E-state index contributed by atoms with van der Waals surface area (Å²) >= 11 is 0. The number of nitrogens with zero attached hydrogens (tertiary/aromatic N) is 2. The number of aromatic nitrogens is 1. The van der Waals surface area contributed by atoms with Crippen molar-refractivity contribution in [2.24, 2.45) is 10.9 Å². The van der Waals surface area contributed by atoms with Gasteiger partial charge in [-0.05, 0) is 48.1 Å². The maximum atomic E-state index is 13.0. The van der Waals surface area contributed by atoms with Gasteiger partial charge in [-0.1, -0.05) is 19.1 Å². The molecule has 1 saturated carbocycles. The van der Waals surface area contributed by atoms with E-state index in [0.717, 1.165) is 17.8 Å². The summed E-state index contributed by atoms with van der Waals surface area (Å²) in [5.41, 5.74) is 5.40. The van der Waals surface area contributed by atoms with Gasteiger partial charge in [-0.2, -0.15) is 0 Å². The number of Topliss-reactive ketones (excluding diaryl/α,β-unsaturated/α-hetero) is 1. The van der Waals surface area contributed by atoms with Crippen molar-refractivity contribution in [3.8, 4) is 0 Å². The van der Waals surface area contributed by atoms with Gasteiger partial charge in [0.25, 0.3) is 0 Å². The van der Waals surface area contributed by atoms with Gasteiger partial charge in [0, 0.05) is 41.9 Å². The zero-order valence-corrected chi connectivity index (χ0v) is 14.3. The van der Waals surface area contributed by atoms with E-state index in [1.54, 1.807) is 12.1 Å². The van der Waals surface area contributed by atoms with E-state index in [0.29, 0.717) is 18.8 Å². The lowest BCUT2D eigenvalue weighted by Crippen LogP contribution is -2.10. The molecule has 2 aliphatic rings. The van der Waals surface area contributed by atoms with E-state index in [2.05, 4.69) is 9.98 Å². The topological polar surface area (TPSA) is 42.3 Å². The Kier molecular flexibility index (Phi) is 4.20. The average Bonchev–Trinajstić information content (AvgIpc) is 3.35. The first kappa shape index (κ1) is 16.1. The zero-order chi connectivity index (χ0) is 17.4. The predicted molar refractivity (Wildman–Crippen MR) is 95.3 cm³/mol. The van der Waals surface area contributed by atoms with Gasteiger partial charge in [-0.15, -0.1) is 0 Å². The van der Waals surface area contributed by atoms with Crippen LogP contribution in [-0.2, 0) is 17.8 Å². The maximum Gasteiger partial charge on any atom is 0.139 e. The summed E-state index contributed by atoms with van der Waals surface area (Å²) in [6.45, 7) is 2.72. The molecule has 25 heavy (non-hydrogen) atoms. The molecule has 1 aromatic heterocycles. The van der Waals surface area contributed by atoms with Crippen LogP contribution in [0.3, 0.4) is 0 Å². The first-order chi connectivity index (χ1) is 12.1. The summed E-state index contributed by atoms with van der Waals surface area (Å²) in [6, 6.07) is 8.41. The molecule has 0 amide bonds. The second kappa shape index (κ2) is 6.51. The fourth-order valence-electron chi connectivity index (χ4n) is 3.49. The Hall–Kier alpha value is -2.36. The Morgan fingerprint density at radius 1 is 1.28 bits per heavy atom. The van der Waals surface area contributed by atoms with Crippen LogP contribution in [0.5, 0.6) is 0 Å². The Labute approximate surface area is 147 Å². The van der Waals surface area contributed by atoms with Crippen molar-refractivity contribution >= 4 is 11.5 Å². The third kappa shape index (κ3) is 3.53. The molecular weight excluding hydrogens is 315 g/mol. The molecule has 1 aromatic carbocycles. The lowest BCUT2D eigenvalue weighted by Gasteiger charge is -2.11. The molecule has 128 valence electrons. The fourth-order valence-corrected chi connectivity index (χ4v) is 3.49. The number of ketones is 1. The molecule has 2 heterocycles. The van der Waals surface area contributed by atoms with Gasteiger partial charge >= 0.3 is 0 Å². The van der Waals surface area contributed by atoms with Crippen molar-refractivity contribution in [1.82, 2.24) is 4.98 Å². The second-order valence-corrected chi connectivity index (χ2v) is 7.18. The van der Waals surface area contributed by atoms with Crippen molar-refractivity contribution in [3.05, 3.63) is 64.7 Å². The number of carbonyl (C=O) groups is 1. The van der Waals surface area contributed by atoms with Crippen LogP contribution in [0, 0.1) is 11.7 Å². The number of benzene rings is 1. The Balaban J connectivity index is 1.39. The summed E-state index contributed by atoms with van der Waals surface area (Å²) in [7, 11) is 0. The first-order valence-corrected chi connectivity index (χ1v) is 8.90. The maximum absolute atomic E-state index is 13.0. The van der Waals surface area contributed by atoms with E-state index < -0.39 is 0 Å². The number of pyridine rings is 1. The van der Waals surface area contributed by atoms with Crippen molar-refractivity contribution in [2.75, 3.05) is 0 Å². The van der Waals surface area contributed by atoms with Crippen molar-refractivity contribution in [3.63, 3.8) is 0 Å². The lowest BCUT2D eigenvalue weighted by molar-refractivity contribution is -0.118. The van der Waals surface area contributed by atoms with Gasteiger partial charge in [-0.25, -0.2) is 4.39 Å². The summed E-state index contributed by atoms with van der Waals surface area (Å²) in [5, 5.41) is 0. The van der Waals surface area contributed by atoms with Crippen LogP contribution >= 0.6 is 0 Å². The van der Waals surface area contributed by atoms with E-state index in [1.165, 1.54) is 41.8 Å². The van der Waals surface area contributed by atoms with Crippen molar-refractivity contribution < 1.29 is 9.18 Å². The predicted octanol–water partition coefficient (Wildman–Crippen LogP) is 4.24. The molecule has 0 spiro atoms. The average molecular weight is 336 g/mol. The van der Waals surface area contributed by atoms with Gasteiger partial charge in [-0.3, -0.25) is 14.8 Å². The Bertz CT molecular complexity index is 837. The largest absolute Gasteiger partial charge is 0.299 e. The van der Waals surface area contributed by atoms with Crippen molar-refractivity contribution in [1.29, 1.82) is 0 Å². The molecular formula is C21H21FN2O. The highest BCUT2D eigenvalue weighted by Crippen LogP contribution is 2.37. The number of carbonyl (C=O) groups excluding carboxylic acids is 1. The van der Waals surface area contributed by atoms with Gasteiger partial charge < -0.3 is 0 Å². The number of hydrogen-bond acceptors (Lipinski definition) is 3. The highest BCUT2D eigenvalue weighted by Gasteiger charge is 2.32. The normalized spacial score (nSPS) is 17.1. The molecule has 4 heteroatoms. The lowest BCUT2D eigenvalue weighted by atomic mass is 9.94. The SMILES string of the molecule is C[C@@H](CC(=O)Cc1cc2c(cn1)C(C1CC1)=NC2)c1ccc(F)cc1. The van der Waals surface area contributed by atoms with Crippen LogP contribution in [-0.4, -0.2) is 16.5 Å². The second-order valence-electron chi connectivity index (χ2n) is 7.18. The van der Waals surface area contributed by atoms with Crippen LogP contribution in [0.25, 0.3) is 0 Å². The molecule has 1 atom stereocenters. The summed E-state index contributed by atoms with van der Waals surface area (Å²) < 4.78 is 13.0. The molecule has 1 aliphatic carbocycles. The molecule has 0 bridgehead atoms. The van der Waals surface area contributed by atoms with Gasteiger partial charge in [0.15, 0.2) is 0 Å². The molecule has 0 N–H and O–H groups in total. The van der Waals surface area contributed by atoms with Gasteiger partial charge in [0.1, 0.15) is 11.6 Å². The highest BCUT2D eigenvalue weighted by molar-refractivity contribution is 6.06. The molecule has 1 aliphatic heterocycles. The third-order valence-corrected chi connectivity index (χ3v) is 5.06. The van der Waals surface area contributed by atoms with E-state index in [-0.39, 0.29) is 17.5 Å². The summed E-state index contributed by atoms with van der Waals surface area (Å²) in [5.74, 6) is 0.613. The molecule has 2 aromatic rings. The van der Waals surface area contributed by atoms with E-state index in [1.807, 2.05) is 19.2 Å². The zero-order valence-electron chi connectivity index (χ0n) is 14.3. The number of hydrogen-bond donors (Lipinski definition) is 0. The molecule has 3 nitrogen and oxygen atoms in total. The minimum absolute atomic E-state index is 0.0762. The van der Waals surface area contributed by atoms with E-state index in [4.69, 9.17) is 0 Å². The van der Waals surface area contributed by atoms with E-state index >= 15 is 0 Å². The minimum atomic E-state index is -0.252. The monoisotopic (exact) mass is 336 g/mol. The number of aliphatic imine (C=N–C) groups is 1. The number of fused-ring (bicyclic) bond motifs is 1. The fraction of sp³-hybridized carbons (Fsp3) is 0.381. The quantitative estimate of drug-likeness (QED) is 0.792. The molecule has 0 saturated heterocycles. The Morgan fingerprint density at radius 2 is 2.04 bits per heavy atom. The van der Waals surface area contributed by atoms with Crippen molar-refractivity contribution in [2.45, 2.75) is 45.1 Å².